The Balaban J connectivity index is 1.43. The Morgan fingerprint density at radius 3 is 2.65 bits per heavy atom. The summed E-state index contributed by atoms with van der Waals surface area (Å²) >= 11 is 0. The van der Waals surface area contributed by atoms with Crippen molar-refractivity contribution in [3.8, 4) is 5.69 Å². The minimum Gasteiger partial charge on any atom is -0.357 e. The molecule has 26 heavy (non-hydrogen) atoms. The van der Waals surface area contributed by atoms with Gasteiger partial charge in [-0.3, -0.25) is 4.79 Å². The molecule has 0 saturated carbocycles. The number of rotatable bonds is 5. The summed E-state index contributed by atoms with van der Waals surface area (Å²) in [5.74, 6) is 0.890. The summed E-state index contributed by atoms with van der Waals surface area (Å²) < 4.78 is 1.70. The molecule has 1 N–H and O–H groups in total. The van der Waals surface area contributed by atoms with Crippen LogP contribution in [0.3, 0.4) is 0 Å². The molecule has 1 aliphatic rings. The molecule has 6 heteroatoms. The molecule has 3 heterocycles. The first kappa shape index (κ1) is 16.3. The molecule has 0 atom stereocenters. The highest BCUT2D eigenvalue weighted by atomic mass is 16.1. The SMILES string of the molecule is O=C(NCc1ccc(N2CCCC2)nc1)c1ccccc1-n1cccn1. The number of carbonyl (C=O) groups is 1. The maximum absolute atomic E-state index is 12.6. The van der Waals surface area contributed by atoms with Crippen molar-refractivity contribution in [2.45, 2.75) is 19.4 Å². The lowest BCUT2D eigenvalue weighted by Gasteiger charge is -2.16. The lowest BCUT2D eigenvalue weighted by Crippen LogP contribution is -2.24. The van der Waals surface area contributed by atoms with E-state index in [9.17, 15) is 4.79 Å². The summed E-state index contributed by atoms with van der Waals surface area (Å²) in [6.07, 6.45) is 7.83. The van der Waals surface area contributed by atoms with E-state index in [-0.39, 0.29) is 5.91 Å². The molecule has 1 saturated heterocycles. The largest absolute Gasteiger partial charge is 0.357 e. The van der Waals surface area contributed by atoms with Crippen molar-refractivity contribution in [3.63, 3.8) is 0 Å². The van der Waals surface area contributed by atoms with Crippen LogP contribution in [0.25, 0.3) is 5.69 Å². The number of hydrogen-bond acceptors (Lipinski definition) is 4. The average molecular weight is 347 g/mol. The number of amides is 1. The Hall–Kier alpha value is -3.15. The zero-order chi connectivity index (χ0) is 17.8. The van der Waals surface area contributed by atoms with E-state index in [4.69, 9.17) is 0 Å². The van der Waals surface area contributed by atoms with Crippen molar-refractivity contribution in [2.75, 3.05) is 18.0 Å². The molecular formula is C20H21N5O. The number of benzene rings is 1. The van der Waals surface area contributed by atoms with Crippen LogP contribution in [0, 0.1) is 0 Å². The third-order valence-electron chi connectivity index (χ3n) is 4.59. The first-order chi connectivity index (χ1) is 12.8. The number of nitrogens with zero attached hydrogens (tertiary/aromatic N) is 4. The van der Waals surface area contributed by atoms with E-state index in [1.54, 1.807) is 16.9 Å². The van der Waals surface area contributed by atoms with E-state index < -0.39 is 0 Å². The molecule has 0 radical (unpaired) electrons. The summed E-state index contributed by atoms with van der Waals surface area (Å²) in [4.78, 5) is 19.5. The second-order valence-corrected chi connectivity index (χ2v) is 6.37. The molecule has 6 nitrogen and oxygen atoms in total. The predicted octanol–water partition coefficient (Wildman–Crippen LogP) is 2.80. The Morgan fingerprint density at radius 2 is 1.92 bits per heavy atom. The molecule has 0 bridgehead atoms. The molecule has 2 aromatic heterocycles. The summed E-state index contributed by atoms with van der Waals surface area (Å²) in [6.45, 7) is 2.60. The van der Waals surface area contributed by atoms with E-state index in [1.807, 2.05) is 48.8 Å². The monoisotopic (exact) mass is 347 g/mol. The van der Waals surface area contributed by atoms with Gasteiger partial charge >= 0.3 is 0 Å². The van der Waals surface area contributed by atoms with Crippen molar-refractivity contribution >= 4 is 11.7 Å². The maximum Gasteiger partial charge on any atom is 0.253 e. The number of para-hydroxylation sites is 1. The van der Waals surface area contributed by atoms with Crippen LogP contribution >= 0.6 is 0 Å². The van der Waals surface area contributed by atoms with Gasteiger partial charge in [-0.2, -0.15) is 5.10 Å². The highest BCUT2D eigenvalue weighted by Gasteiger charge is 2.14. The molecule has 1 amide bonds. The van der Waals surface area contributed by atoms with E-state index >= 15 is 0 Å². The fourth-order valence-corrected chi connectivity index (χ4v) is 3.21. The van der Waals surface area contributed by atoms with Crippen LogP contribution in [-0.2, 0) is 6.54 Å². The summed E-state index contributed by atoms with van der Waals surface area (Å²) in [6, 6.07) is 13.3. The highest BCUT2D eigenvalue weighted by Crippen LogP contribution is 2.18. The molecule has 132 valence electrons. The smallest absolute Gasteiger partial charge is 0.253 e. The summed E-state index contributed by atoms with van der Waals surface area (Å²) in [5.41, 5.74) is 2.34. The molecule has 1 fully saturated rings. The molecule has 0 aliphatic carbocycles. The Bertz CT molecular complexity index is 867. The molecule has 4 rings (SSSR count). The van der Waals surface area contributed by atoms with Gasteiger partial charge in [0.1, 0.15) is 5.82 Å². The minimum atomic E-state index is -0.125. The zero-order valence-corrected chi connectivity index (χ0v) is 14.5. The number of aromatic nitrogens is 3. The number of nitrogens with one attached hydrogen (secondary N) is 1. The van der Waals surface area contributed by atoms with Crippen LogP contribution in [-0.4, -0.2) is 33.8 Å². The molecule has 1 aliphatic heterocycles. The van der Waals surface area contributed by atoms with Crippen LogP contribution < -0.4 is 10.2 Å². The second-order valence-electron chi connectivity index (χ2n) is 6.37. The van der Waals surface area contributed by atoms with Gasteiger partial charge in [-0.05, 0) is 42.7 Å². The first-order valence-corrected chi connectivity index (χ1v) is 8.88. The Labute approximate surface area is 152 Å². The summed E-state index contributed by atoms with van der Waals surface area (Å²) in [7, 11) is 0. The lowest BCUT2D eigenvalue weighted by molar-refractivity contribution is 0.0950. The van der Waals surface area contributed by atoms with Crippen LogP contribution in [0.5, 0.6) is 0 Å². The van der Waals surface area contributed by atoms with E-state index in [1.165, 1.54) is 12.8 Å². The van der Waals surface area contributed by atoms with Crippen LogP contribution in [0.1, 0.15) is 28.8 Å². The van der Waals surface area contributed by atoms with Crippen LogP contribution in [0.2, 0.25) is 0 Å². The highest BCUT2D eigenvalue weighted by molar-refractivity contribution is 5.97. The van der Waals surface area contributed by atoms with Crippen molar-refractivity contribution in [1.29, 1.82) is 0 Å². The van der Waals surface area contributed by atoms with Gasteiger partial charge in [0.2, 0.25) is 0 Å². The number of anilines is 1. The number of carbonyl (C=O) groups excluding carboxylic acids is 1. The predicted molar refractivity (Wildman–Crippen MR) is 100 cm³/mol. The van der Waals surface area contributed by atoms with Gasteiger partial charge in [0, 0.05) is 38.2 Å². The minimum absolute atomic E-state index is 0.125. The number of hydrogen-bond donors (Lipinski definition) is 1. The summed E-state index contributed by atoms with van der Waals surface area (Å²) in [5, 5.41) is 7.19. The fraction of sp³-hybridized carbons (Fsp3) is 0.250. The molecular weight excluding hydrogens is 326 g/mol. The van der Waals surface area contributed by atoms with Gasteiger partial charge in [0.05, 0.1) is 11.3 Å². The Morgan fingerprint density at radius 1 is 1.08 bits per heavy atom. The van der Waals surface area contributed by atoms with Gasteiger partial charge < -0.3 is 10.2 Å². The van der Waals surface area contributed by atoms with Gasteiger partial charge in [-0.15, -0.1) is 0 Å². The fourth-order valence-electron chi connectivity index (χ4n) is 3.21. The average Bonchev–Trinajstić information content (AvgIpc) is 3.40. The van der Waals surface area contributed by atoms with Crippen molar-refractivity contribution in [2.24, 2.45) is 0 Å². The topological polar surface area (TPSA) is 63.1 Å². The van der Waals surface area contributed by atoms with Crippen molar-refractivity contribution in [3.05, 3.63) is 72.2 Å². The second kappa shape index (κ2) is 7.39. The number of pyridine rings is 1. The first-order valence-electron chi connectivity index (χ1n) is 8.88. The van der Waals surface area contributed by atoms with Gasteiger partial charge in [0.25, 0.3) is 5.91 Å². The third-order valence-corrected chi connectivity index (χ3v) is 4.59. The third kappa shape index (κ3) is 3.44. The van der Waals surface area contributed by atoms with Gasteiger partial charge in [0.15, 0.2) is 0 Å². The van der Waals surface area contributed by atoms with Crippen LogP contribution in [0.15, 0.2) is 61.1 Å². The standard InChI is InChI=1S/C20H21N5O/c26-20(17-6-1-2-7-18(17)25-13-5-10-23-25)22-15-16-8-9-19(21-14-16)24-11-3-4-12-24/h1-2,5-10,13-14H,3-4,11-12,15H2,(H,22,26). The maximum atomic E-state index is 12.6. The van der Waals surface area contributed by atoms with E-state index in [0.29, 0.717) is 12.1 Å². The molecule has 0 unspecified atom stereocenters. The quantitative estimate of drug-likeness (QED) is 0.771. The molecule has 0 spiro atoms. The van der Waals surface area contributed by atoms with Gasteiger partial charge in [-0.25, -0.2) is 9.67 Å². The Kier molecular flexibility index (Phi) is 4.64. The van der Waals surface area contributed by atoms with Crippen molar-refractivity contribution in [1.82, 2.24) is 20.1 Å². The van der Waals surface area contributed by atoms with Crippen molar-refractivity contribution < 1.29 is 4.79 Å². The van der Waals surface area contributed by atoms with Gasteiger partial charge in [-0.1, -0.05) is 18.2 Å². The molecule has 3 aromatic rings. The normalized spacial score (nSPS) is 13.8. The van der Waals surface area contributed by atoms with E-state index in [0.717, 1.165) is 30.2 Å². The van der Waals surface area contributed by atoms with Crippen LogP contribution in [0.4, 0.5) is 5.82 Å². The van der Waals surface area contributed by atoms with E-state index in [2.05, 4.69) is 20.3 Å². The zero-order valence-electron chi connectivity index (χ0n) is 14.5. The molecule has 1 aromatic carbocycles. The lowest BCUT2D eigenvalue weighted by atomic mass is 10.1.